The smallest absolute Gasteiger partial charge is 0.400 e. The number of amides is 1. The van der Waals surface area contributed by atoms with E-state index in [1.54, 1.807) is 0 Å². The molecule has 0 spiro atoms. The first kappa shape index (κ1) is 20.6. The fraction of sp³-hybridized carbons (Fsp3) is 0.526. The second-order valence-corrected chi connectivity index (χ2v) is 6.96. The molecule has 1 amide bonds. The molecule has 0 bridgehead atoms. The van der Waals surface area contributed by atoms with Crippen LogP contribution in [0.3, 0.4) is 0 Å². The van der Waals surface area contributed by atoms with Gasteiger partial charge in [-0.3, -0.25) is 0 Å². The van der Waals surface area contributed by atoms with Crippen LogP contribution in [0.25, 0.3) is 10.4 Å². The van der Waals surface area contributed by atoms with Crippen LogP contribution in [0.5, 0.6) is 0 Å². The summed E-state index contributed by atoms with van der Waals surface area (Å²) in [6.45, 7) is 9.51. The number of ether oxygens (including phenoxy) is 2. The summed E-state index contributed by atoms with van der Waals surface area (Å²) in [7, 11) is 0. The highest BCUT2D eigenvalue weighted by molar-refractivity contribution is 5.68. The highest BCUT2D eigenvalue weighted by Gasteiger charge is 2.35. The molecule has 0 aliphatic rings. The Balaban J connectivity index is 3.18. The van der Waals surface area contributed by atoms with E-state index in [0.717, 1.165) is 5.56 Å². The van der Waals surface area contributed by atoms with Gasteiger partial charge in [-0.2, -0.15) is 0 Å². The van der Waals surface area contributed by atoms with E-state index in [-0.39, 0.29) is 11.5 Å². The lowest BCUT2D eigenvalue weighted by molar-refractivity contribution is -0.183. The third kappa shape index (κ3) is 8.25. The van der Waals surface area contributed by atoms with Gasteiger partial charge in [-0.05, 0) is 58.1 Å². The molecular formula is C19H25N3O3. The normalized spacial score (nSPS) is 13.2. The summed E-state index contributed by atoms with van der Waals surface area (Å²) in [5, 5.41) is 2.99. The zero-order chi connectivity index (χ0) is 18.9. The topological polar surface area (TPSA) is 84.3 Å². The molecule has 0 aliphatic heterocycles. The van der Waals surface area contributed by atoms with E-state index in [1.807, 2.05) is 65.0 Å². The van der Waals surface area contributed by atoms with Crippen LogP contribution >= 0.6 is 0 Å². The summed E-state index contributed by atoms with van der Waals surface area (Å²) in [6.07, 6.45) is -0.371. The molecule has 0 heterocycles. The molecule has 0 aromatic heterocycles. The van der Waals surface area contributed by atoms with Crippen molar-refractivity contribution in [2.75, 3.05) is 0 Å². The molecule has 134 valence electrons. The van der Waals surface area contributed by atoms with E-state index in [2.05, 4.69) is 21.9 Å². The van der Waals surface area contributed by atoms with Crippen LogP contribution in [0.15, 0.2) is 35.4 Å². The number of benzene rings is 1. The van der Waals surface area contributed by atoms with Crippen molar-refractivity contribution < 1.29 is 14.3 Å². The molecule has 1 atom stereocenters. The van der Waals surface area contributed by atoms with Crippen molar-refractivity contribution in [1.82, 2.24) is 0 Å². The van der Waals surface area contributed by atoms with Crippen molar-refractivity contribution in [3.63, 3.8) is 0 Å². The Morgan fingerprint density at radius 2 is 1.88 bits per heavy atom. The van der Waals surface area contributed by atoms with Crippen molar-refractivity contribution in [2.24, 2.45) is 10.5 Å². The van der Waals surface area contributed by atoms with Crippen LogP contribution in [0.4, 0.5) is 4.79 Å². The third-order valence-electron chi connectivity index (χ3n) is 3.02. The Kier molecular flexibility index (Phi) is 7.50. The minimum absolute atomic E-state index is 0.232. The van der Waals surface area contributed by atoms with Crippen molar-refractivity contribution in [3.05, 3.63) is 46.3 Å². The van der Waals surface area contributed by atoms with Crippen molar-refractivity contribution in [2.45, 2.75) is 59.4 Å². The lowest BCUT2D eigenvalue weighted by atomic mass is 9.96. The zero-order valence-electron chi connectivity index (χ0n) is 15.4. The third-order valence-corrected chi connectivity index (χ3v) is 3.02. The summed E-state index contributed by atoms with van der Waals surface area (Å²) in [5.74, 6) is 4.56. The van der Waals surface area contributed by atoms with Gasteiger partial charge >= 0.3 is 6.09 Å². The fourth-order valence-electron chi connectivity index (χ4n) is 2.07. The molecule has 0 radical (unpaired) electrons. The quantitative estimate of drug-likeness (QED) is 0.233. The lowest BCUT2D eigenvalue weighted by Crippen LogP contribution is -2.39. The van der Waals surface area contributed by atoms with Gasteiger partial charge in [0.05, 0.1) is 6.10 Å². The van der Waals surface area contributed by atoms with Crippen molar-refractivity contribution in [1.29, 1.82) is 0 Å². The SMILES string of the molecule is CC(C)OC(C#CC(C)(C)C)(CCc1ccccc1)OC(=O)N=[N+]=[N-]. The van der Waals surface area contributed by atoms with Gasteiger partial charge in [0.15, 0.2) is 0 Å². The molecule has 6 nitrogen and oxygen atoms in total. The number of aryl methyl sites for hydroxylation is 1. The van der Waals surface area contributed by atoms with Crippen LogP contribution in [-0.4, -0.2) is 18.0 Å². The van der Waals surface area contributed by atoms with Gasteiger partial charge in [-0.25, -0.2) is 4.79 Å². The number of rotatable bonds is 6. The summed E-state index contributed by atoms with van der Waals surface area (Å²) >= 11 is 0. The maximum atomic E-state index is 11.8. The van der Waals surface area contributed by atoms with Gasteiger partial charge in [-0.1, -0.05) is 36.3 Å². The van der Waals surface area contributed by atoms with Crippen molar-refractivity contribution >= 4 is 6.09 Å². The van der Waals surface area contributed by atoms with Crippen LogP contribution < -0.4 is 0 Å². The molecule has 1 aromatic rings. The van der Waals surface area contributed by atoms with Gasteiger partial charge in [-0.15, -0.1) is 0 Å². The second-order valence-electron chi connectivity index (χ2n) is 6.96. The highest BCUT2D eigenvalue weighted by atomic mass is 16.7. The Hall–Kier alpha value is -2.48. The van der Waals surface area contributed by atoms with E-state index in [4.69, 9.17) is 15.0 Å². The number of hydrogen-bond donors (Lipinski definition) is 0. The average molecular weight is 343 g/mol. The van der Waals surface area contributed by atoms with E-state index in [9.17, 15) is 4.79 Å². The van der Waals surface area contributed by atoms with E-state index in [0.29, 0.717) is 12.8 Å². The number of carbonyl (C=O) groups excluding carboxylic acids is 1. The highest BCUT2D eigenvalue weighted by Crippen LogP contribution is 2.25. The van der Waals surface area contributed by atoms with E-state index < -0.39 is 11.9 Å². The number of carbonyl (C=O) groups is 1. The van der Waals surface area contributed by atoms with Gasteiger partial charge in [0.1, 0.15) is 0 Å². The van der Waals surface area contributed by atoms with Gasteiger partial charge in [0.25, 0.3) is 5.79 Å². The Morgan fingerprint density at radius 1 is 1.24 bits per heavy atom. The molecule has 25 heavy (non-hydrogen) atoms. The van der Waals surface area contributed by atoms with E-state index >= 15 is 0 Å². The minimum Gasteiger partial charge on any atom is -0.416 e. The first-order chi connectivity index (χ1) is 11.7. The number of hydrogen-bond acceptors (Lipinski definition) is 3. The molecule has 0 saturated carbocycles. The lowest BCUT2D eigenvalue weighted by Gasteiger charge is -2.30. The molecule has 0 fully saturated rings. The Bertz CT molecular complexity index is 677. The predicted molar refractivity (Wildman–Crippen MR) is 96.6 cm³/mol. The molecule has 6 heteroatoms. The molecule has 0 aliphatic carbocycles. The molecule has 0 saturated heterocycles. The first-order valence-electron chi connectivity index (χ1n) is 8.20. The predicted octanol–water partition coefficient (Wildman–Crippen LogP) is 5.24. The summed E-state index contributed by atoms with van der Waals surface area (Å²) in [5.41, 5.74) is 9.23. The summed E-state index contributed by atoms with van der Waals surface area (Å²) in [4.78, 5) is 14.3. The second kappa shape index (κ2) is 9.12. The number of azide groups is 1. The maximum absolute atomic E-state index is 11.8. The van der Waals surface area contributed by atoms with E-state index in [1.165, 1.54) is 0 Å². The van der Waals surface area contributed by atoms with Crippen LogP contribution in [0.1, 0.15) is 46.6 Å². The van der Waals surface area contributed by atoms with Crippen LogP contribution in [0, 0.1) is 17.3 Å². The average Bonchev–Trinajstić information content (AvgIpc) is 2.51. The largest absolute Gasteiger partial charge is 0.416 e. The first-order valence-corrected chi connectivity index (χ1v) is 8.20. The van der Waals surface area contributed by atoms with Gasteiger partial charge in [0.2, 0.25) is 0 Å². The Morgan fingerprint density at radius 3 is 2.40 bits per heavy atom. The fourth-order valence-corrected chi connectivity index (χ4v) is 2.07. The molecule has 1 rings (SSSR count). The Labute approximate surface area is 149 Å². The molecular weight excluding hydrogens is 318 g/mol. The van der Waals surface area contributed by atoms with Gasteiger partial charge < -0.3 is 9.47 Å². The van der Waals surface area contributed by atoms with Crippen LogP contribution in [-0.2, 0) is 15.9 Å². The molecule has 0 N–H and O–H groups in total. The maximum Gasteiger partial charge on any atom is 0.400 e. The van der Waals surface area contributed by atoms with Crippen molar-refractivity contribution in [3.8, 4) is 11.8 Å². The van der Waals surface area contributed by atoms with Gasteiger partial charge in [0, 0.05) is 21.9 Å². The van der Waals surface area contributed by atoms with Crippen LogP contribution in [0.2, 0.25) is 0 Å². The molecule has 1 unspecified atom stereocenters. The summed E-state index contributed by atoms with van der Waals surface area (Å²) in [6, 6.07) is 9.77. The minimum atomic E-state index is -1.47. The molecule has 1 aromatic carbocycles. The number of nitrogens with zero attached hydrogens (tertiary/aromatic N) is 3. The summed E-state index contributed by atoms with van der Waals surface area (Å²) < 4.78 is 11.2. The zero-order valence-corrected chi connectivity index (χ0v) is 15.4. The monoisotopic (exact) mass is 343 g/mol. The standard InChI is InChI=1S/C19H25N3O3/c1-15(2)24-19(14-13-18(3,4)5,25-17(23)21-22-20)12-11-16-9-7-6-8-10-16/h6-10,15H,11-12H2,1-5H3.